The average Bonchev–Trinajstić information content (AvgIpc) is 3.32. The highest BCUT2D eigenvalue weighted by Crippen LogP contribution is 2.43. The van der Waals surface area contributed by atoms with Crippen LogP contribution in [0.4, 0.5) is 0 Å². The fourth-order valence-electron chi connectivity index (χ4n) is 7.54. The van der Waals surface area contributed by atoms with E-state index in [-0.39, 0.29) is 32.0 Å². The Hall–Kier alpha value is -2.81. The number of rotatable bonds is 51. The molecule has 0 rings (SSSR count). The maximum atomic E-state index is 12.8. The Balaban J connectivity index is 4.15. The third-order valence-electron chi connectivity index (χ3n) is 11.9. The van der Waals surface area contributed by atoms with Crippen molar-refractivity contribution in [3.63, 3.8) is 0 Å². The molecule has 70 heavy (non-hydrogen) atoms. The molecular formula is C60H107NO8P+. The number of hydrogen-bond acceptors (Lipinski definition) is 7. The van der Waals surface area contributed by atoms with Crippen LogP contribution in [-0.4, -0.2) is 74.9 Å². The molecular weight excluding hydrogens is 894 g/mol. The van der Waals surface area contributed by atoms with Crippen molar-refractivity contribution in [1.29, 1.82) is 0 Å². The van der Waals surface area contributed by atoms with Crippen molar-refractivity contribution in [2.45, 2.75) is 238 Å². The number of quaternary nitrogens is 1. The number of carbonyl (C=O) groups excluding carboxylic acids is 2. The summed E-state index contributed by atoms with van der Waals surface area (Å²) in [6.07, 6.45) is 68.0. The predicted octanol–water partition coefficient (Wildman–Crippen LogP) is 17.5. The summed E-state index contributed by atoms with van der Waals surface area (Å²) in [5, 5.41) is 0. The zero-order valence-corrected chi connectivity index (χ0v) is 46.6. The van der Waals surface area contributed by atoms with Gasteiger partial charge in [0.2, 0.25) is 0 Å². The van der Waals surface area contributed by atoms with E-state index in [0.29, 0.717) is 17.4 Å². The maximum Gasteiger partial charge on any atom is 0.472 e. The first-order chi connectivity index (χ1) is 34.0. The molecule has 0 bridgehead atoms. The highest BCUT2D eigenvalue weighted by molar-refractivity contribution is 7.47. The van der Waals surface area contributed by atoms with Gasteiger partial charge in [-0.1, -0.05) is 214 Å². The van der Waals surface area contributed by atoms with E-state index >= 15 is 0 Å². The van der Waals surface area contributed by atoms with Crippen LogP contribution in [0, 0.1) is 0 Å². The fourth-order valence-corrected chi connectivity index (χ4v) is 8.28. The van der Waals surface area contributed by atoms with Gasteiger partial charge in [0.15, 0.2) is 6.10 Å². The van der Waals surface area contributed by atoms with Gasteiger partial charge in [0, 0.05) is 12.8 Å². The van der Waals surface area contributed by atoms with Crippen LogP contribution in [0.15, 0.2) is 85.1 Å². The normalized spacial score (nSPS) is 14.0. The molecule has 0 aliphatic carbocycles. The summed E-state index contributed by atoms with van der Waals surface area (Å²) >= 11 is 0. The van der Waals surface area contributed by atoms with Gasteiger partial charge < -0.3 is 18.9 Å². The Morgan fingerprint density at radius 3 is 1.21 bits per heavy atom. The monoisotopic (exact) mass is 1000 g/mol. The zero-order chi connectivity index (χ0) is 51.3. The number of phosphoric acid groups is 1. The number of hydrogen-bond donors (Lipinski definition) is 1. The van der Waals surface area contributed by atoms with Gasteiger partial charge in [-0.2, -0.15) is 0 Å². The molecule has 0 radical (unpaired) electrons. The lowest BCUT2D eigenvalue weighted by molar-refractivity contribution is -0.870. The zero-order valence-electron chi connectivity index (χ0n) is 45.7. The van der Waals surface area contributed by atoms with E-state index in [1.54, 1.807) is 0 Å². The molecule has 2 atom stereocenters. The van der Waals surface area contributed by atoms with Gasteiger partial charge in [0.25, 0.3) is 0 Å². The summed E-state index contributed by atoms with van der Waals surface area (Å²) in [5.41, 5.74) is 0. The van der Waals surface area contributed by atoms with E-state index < -0.39 is 26.5 Å². The number of allylic oxidation sites excluding steroid dienone is 14. The van der Waals surface area contributed by atoms with Crippen LogP contribution < -0.4 is 0 Å². The average molecular weight is 1000 g/mol. The first-order valence-corrected chi connectivity index (χ1v) is 29.8. The second-order valence-electron chi connectivity index (χ2n) is 19.9. The molecule has 10 heteroatoms. The van der Waals surface area contributed by atoms with E-state index in [2.05, 4.69) is 98.9 Å². The molecule has 0 heterocycles. The first kappa shape index (κ1) is 67.2. The summed E-state index contributed by atoms with van der Waals surface area (Å²) in [7, 11) is 1.45. The summed E-state index contributed by atoms with van der Waals surface area (Å²) in [6.45, 7) is 4.28. The van der Waals surface area contributed by atoms with Crippen molar-refractivity contribution in [1.82, 2.24) is 0 Å². The minimum atomic E-state index is -4.39. The van der Waals surface area contributed by atoms with Crippen molar-refractivity contribution in [2.75, 3.05) is 47.5 Å². The Labute approximate surface area is 431 Å². The van der Waals surface area contributed by atoms with E-state index in [9.17, 15) is 19.0 Å². The standard InChI is InChI=1S/C60H106NO8P/c1-6-8-10-12-14-16-18-20-22-24-25-26-27-28-29-30-31-32-33-34-35-37-38-40-42-44-46-48-50-52-59(62)66-56-58(57-68-70(64,65)67-55-54-61(3,4)5)69-60(63)53-51-49-47-45-43-41-39-36-23-21-19-17-15-13-11-9-7-2/h9,11,15,17-18,20-21,23-25,27-28,39,41,58H,6-8,10,12-14,16,19,22,26,29-38,40,42-57H2,1-5H3/p+1/b11-9-,17-15-,20-18-,23-21-,25-24-,28-27-,41-39-. The van der Waals surface area contributed by atoms with Crippen LogP contribution in [-0.2, 0) is 32.7 Å². The molecule has 1 N–H and O–H groups in total. The Morgan fingerprint density at radius 2 is 0.814 bits per heavy atom. The Bertz CT molecular complexity index is 1460. The van der Waals surface area contributed by atoms with Crippen LogP contribution in [0.3, 0.4) is 0 Å². The molecule has 0 aromatic rings. The van der Waals surface area contributed by atoms with Gasteiger partial charge in [-0.05, 0) is 89.9 Å². The number of nitrogens with zero attached hydrogens (tertiary/aromatic N) is 1. The molecule has 0 aromatic carbocycles. The Kier molecular flexibility index (Phi) is 49.1. The number of carbonyl (C=O) groups is 2. The van der Waals surface area contributed by atoms with Gasteiger partial charge in [0.1, 0.15) is 19.8 Å². The van der Waals surface area contributed by atoms with Crippen LogP contribution in [0.5, 0.6) is 0 Å². The minimum Gasteiger partial charge on any atom is -0.462 e. The lowest BCUT2D eigenvalue weighted by atomic mass is 10.0. The van der Waals surface area contributed by atoms with E-state index in [1.807, 2.05) is 21.1 Å². The molecule has 0 fully saturated rings. The molecule has 0 aliphatic rings. The number of ether oxygens (including phenoxy) is 2. The molecule has 0 amide bonds. The van der Waals surface area contributed by atoms with Gasteiger partial charge >= 0.3 is 19.8 Å². The molecule has 2 unspecified atom stereocenters. The summed E-state index contributed by atoms with van der Waals surface area (Å²) in [6, 6.07) is 0. The van der Waals surface area contributed by atoms with Crippen molar-refractivity contribution in [3.05, 3.63) is 85.1 Å². The second-order valence-corrected chi connectivity index (χ2v) is 21.4. The number of phosphoric ester groups is 1. The lowest BCUT2D eigenvalue weighted by Crippen LogP contribution is -2.37. The molecule has 0 saturated carbocycles. The van der Waals surface area contributed by atoms with Gasteiger partial charge in [-0.25, -0.2) is 4.57 Å². The van der Waals surface area contributed by atoms with Crippen molar-refractivity contribution < 1.29 is 42.1 Å². The third-order valence-corrected chi connectivity index (χ3v) is 12.9. The number of likely N-dealkylation sites (N-methyl/N-ethyl adjacent to an activating group) is 1. The number of esters is 2. The van der Waals surface area contributed by atoms with E-state index in [4.69, 9.17) is 18.5 Å². The highest BCUT2D eigenvalue weighted by Gasteiger charge is 2.27. The Morgan fingerprint density at radius 1 is 0.457 bits per heavy atom. The molecule has 0 aliphatic heterocycles. The molecule has 0 saturated heterocycles. The van der Waals surface area contributed by atoms with Crippen LogP contribution in [0.2, 0.25) is 0 Å². The third kappa shape index (κ3) is 54.5. The fraction of sp³-hybridized carbons (Fsp3) is 0.733. The second kappa shape index (κ2) is 51.1. The van der Waals surface area contributed by atoms with E-state index in [0.717, 1.165) is 83.5 Å². The van der Waals surface area contributed by atoms with Gasteiger partial charge in [-0.3, -0.25) is 18.6 Å². The van der Waals surface area contributed by atoms with Gasteiger partial charge in [-0.15, -0.1) is 0 Å². The van der Waals surface area contributed by atoms with Gasteiger partial charge in [0.05, 0.1) is 27.7 Å². The first-order valence-electron chi connectivity index (χ1n) is 28.3. The van der Waals surface area contributed by atoms with Crippen molar-refractivity contribution in [2.24, 2.45) is 0 Å². The smallest absolute Gasteiger partial charge is 0.462 e. The van der Waals surface area contributed by atoms with Crippen LogP contribution in [0.25, 0.3) is 0 Å². The largest absolute Gasteiger partial charge is 0.472 e. The highest BCUT2D eigenvalue weighted by atomic mass is 31.2. The SMILES string of the molecule is CC/C=C\C/C=C\C/C=C\C/C=C\CCCCCCC(=O)OC(COC(=O)CCCCCCCCCCCCCCCC/C=C\C/C=C\C/C=C\CCCCCCC)COP(=O)(O)OCC[N+](C)(C)C. The predicted molar refractivity (Wildman–Crippen MR) is 298 cm³/mol. The summed E-state index contributed by atoms with van der Waals surface area (Å²) in [4.78, 5) is 35.6. The van der Waals surface area contributed by atoms with Crippen molar-refractivity contribution in [3.8, 4) is 0 Å². The van der Waals surface area contributed by atoms with Crippen LogP contribution >= 0.6 is 7.82 Å². The van der Waals surface area contributed by atoms with Crippen molar-refractivity contribution >= 4 is 19.8 Å². The van der Waals surface area contributed by atoms with E-state index in [1.165, 1.54) is 116 Å². The topological polar surface area (TPSA) is 108 Å². The molecule has 9 nitrogen and oxygen atoms in total. The quantitative estimate of drug-likeness (QED) is 0.0211. The molecule has 0 spiro atoms. The maximum absolute atomic E-state index is 12.8. The molecule has 0 aromatic heterocycles. The molecule has 404 valence electrons. The number of unbranched alkanes of at least 4 members (excludes halogenated alkanes) is 23. The summed E-state index contributed by atoms with van der Waals surface area (Å²) in [5.74, 6) is -0.827. The minimum absolute atomic E-state index is 0.0230. The van der Waals surface area contributed by atoms with Crippen LogP contribution in [0.1, 0.15) is 232 Å². The summed E-state index contributed by atoms with van der Waals surface area (Å²) < 4.78 is 34.5. The lowest BCUT2D eigenvalue weighted by Gasteiger charge is -2.24.